The Morgan fingerprint density at radius 3 is 2.20 bits per heavy atom. The minimum atomic E-state index is -0.409. The van der Waals surface area contributed by atoms with Crippen LogP contribution in [0, 0.1) is 19.7 Å². The number of hydrogen-bond donors (Lipinski definition) is 0. The van der Waals surface area contributed by atoms with Crippen LogP contribution in [0.4, 0.5) is 4.39 Å². The zero-order valence-electron chi connectivity index (χ0n) is 11.4. The minimum absolute atomic E-state index is 0.257. The molecule has 5 heteroatoms. The molecule has 0 aliphatic carbocycles. The highest BCUT2D eigenvalue weighted by Gasteiger charge is 2.32. The number of alkyl halides is 2. The Balaban J connectivity index is 2.36. The fourth-order valence-corrected chi connectivity index (χ4v) is 3.96. The molecule has 0 unspecified atom stereocenters. The normalized spacial score (nSPS) is 11.8. The van der Waals surface area contributed by atoms with Crippen molar-refractivity contribution in [3.63, 3.8) is 0 Å². The molecule has 2 rings (SSSR count). The number of hydrogen-bond acceptors (Lipinski definition) is 2. The maximum Gasteiger partial charge on any atom is 0.123 e. The van der Waals surface area contributed by atoms with Crippen molar-refractivity contribution in [3.05, 3.63) is 51.2 Å². The SMILES string of the molecule is Cc1nc(CC(CCl)(CCl)c2ccc(F)cc2)sc1C. The molecule has 108 valence electrons. The number of aryl methyl sites for hydroxylation is 2. The average Bonchev–Trinajstić information content (AvgIpc) is 2.76. The molecule has 0 saturated carbocycles. The summed E-state index contributed by atoms with van der Waals surface area (Å²) in [6.45, 7) is 4.05. The van der Waals surface area contributed by atoms with E-state index in [2.05, 4.69) is 11.9 Å². The van der Waals surface area contributed by atoms with Gasteiger partial charge in [-0.05, 0) is 31.5 Å². The van der Waals surface area contributed by atoms with Gasteiger partial charge in [-0.3, -0.25) is 0 Å². The van der Waals surface area contributed by atoms with Crippen molar-refractivity contribution in [2.75, 3.05) is 11.8 Å². The number of aromatic nitrogens is 1. The molecule has 1 nitrogen and oxygen atoms in total. The Hall–Kier alpha value is -0.640. The van der Waals surface area contributed by atoms with Crippen LogP contribution in [-0.2, 0) is 11.8 Å². The molecule has 1 heterocycles. The molecule has 0 aliphatic heterocycles. The zero-order chi connectivity index (χ0) is 14.8. The van der Waals surface area contributed by atoms with Crippen molar-refractivity contribution in [3.8, 4) is 0 Å². The summed E-state index contributed by atoms with van der Waals surface area (Å²) in [5.74, 6) is 0.493. The Morgan fingerprint density at radius 2 is 1.75 bits per heavy atom. The van der Waals surface area contributed by atoms with E-state index in [0.717, 1.165) is 16.3 Å². The Bertz CT molecular complexity index is 557. The number of nitrogens with zero attached hydrogens (tertiary/aromatic N) is 1. The summed E-state index contributed by atoms with van der Waals surface area (Å²) in [5.41, 5.74) is 1.59. The van der Waals surface area contributed by atoms with Crippen LogP contribution in [0.2, 0.25) is 0 Å². The van der Waals surface area contributed by atoms with Crippen molar-refractivity contribution in [1.29, 1.82) is 0 Å². The third-order valence-electron chi connectivity index (χ3n) is 3.53. The quantitative estimate of drug-likeness (QED) is 0.713. The number of thiazole rings is 1. The lowest BCUT2D eigenvalue weighted by Gasteiger charge is -2.29. The van der Waals surface area contributed by atoms with Gasteiger partial charge in [-0.2, -0.15) is 0 Å². The van der Waals surface area contributed by atoms with Gasteiger partial charge in [0.2, 0.25) is 0 Å². The fraction of sp³-hybridized carbons (Fsp3) is 0.400. The van der Waals surface area contributed by atoms with E-state index in [4.69, 9.17) is 23.2 Å². The second-order valence-electron chi connectivity index (χ2n) is 4.98. The van der Waals surface area contributed by atoms with Gasteiger partial charge in [-0.15, -0.1) is 34.5 Å². The molecule has 2 aromatic rings. The first kappa shape index (κ1) is 15.7. The summed E-state index contributed by atoms with van der Waals surface area (Å²) in [7, 11) is 0. The van der Waals surface area contributed by atoms with Gasteiger partial charge in [0, 0.05) is 28.5 Å². The van der Waals surface area contributed by atoms with E-state index in [1.54, 1.807) is 23.5 Å². The lowest BCUT2D eigenvalue weighted by molar-refractivity contribution is 0.532. The number of benzene rings is 1. The highest BCUT2D eigenvalue weighted by atomic mass is 35.5. The topological polar surface area (TPSA) is 12.9 Å². The third-order valence-corrected chi connectivity index (χ3v) is 5.63. The summed E-state index contributed by atoms with van der Waals surface area (Å²) in [4.78, 5) is 5.77. The molecular formula is C15H16Cl2FNS. The molecule has 20 heavy (non-hydrogen) atoms. The van der Waals surface area contributed by atoms with Gasteiger partial charge in [0.25, 0.3) is 0 Å². The molecule has 0 atom stereocenters. The van der Waals surface area contributed by atoms with E-state index in [1.807, 2.05) is 6.92 Å². The molecule has 0 aliphatic rings. The molecule has 0 amide bonds. The molecule has 1 aromatic heterocycles. The Kier molecular flexibility index (Phi) is 5.05. The van der Waals surface area contributed by atoms with Gasteiger partial charge in [-0.25, -0.2) is 9.37 Å². The first-order chi connectivity index (χ1) is 9.50. The molecule has 0 bridgehead atoms. The Morgan fingerprint density at radius 1 is 1.15 bits per heavy atom. The van der Waals surface area contributed by atoms with Gasteiger partial charge in [-0.1, -0.05) is 12.1 Å². The number of halogens is 3. The summed E-state index contributed by atoms with van der Waals surface area (Å²) in [6, 6.07) is 6.41. The van der Waals surface area contributed by atoms with E-state index in [0.29, 0.717) is 18.2 Å². The summed E-state index contributed by atoms with van der Waals surface area (Å²) in [5, 5.41) is 1.02. The van der Waals surface area contributed by atoms with Crippen LogP contribution < -0.4 is 0 Å². The largest absolute Gasteiger partial charge is 0.246 e. The van der Waals surface area contributed by atoms with E-state index < -0.39 is 5.41 Å². The van der Waals surface area contributed by atoms with Crippen molar-refractivity contribution < 1.29 is 4.39 Å². The lowest BCUT2D eigenvalue weighted by Crippen LogP contribution is -2.33. The predicted molar refractivity (Wildman–Crippen MR) is 84.8 cm³/mol. The predicted octanol–water partition coefficient (Wildman–Crippen LogP) is 4.86. The van der Waals surface area contributed by atoms with Gasteiger partial charge >= 0.3 is 0 Å². The van der Waals surface area contributed by atoms with E-state index >= 15 is 0 Å². The lowest BCUT2D eigenvalue weighted by atomic mass is 9.81. The number of rotatable bonds is 5. The minimum Gasteiger partial charge on any atom is -0.246 e. The highest BCUT2D eigenvalue weighted by Crippen LogP contribution is 2.33. The second-order valence-corrected chi connectivity index (χ2v) is 6.80. The van der Waals surface area contributed by atoms with Crippen molar-refractivity contribution >= 4 is 34.5 Å². The third kappa shape index (κ3) is 3.16. The van der Waals surface area contributed by atoms with E-state index in [9.17, 15) is 4.39 Å². The monoisotopic (exact) mass is 331 g/mol. The van der Waals surface area contributed by atoms with Crippen LogP contribution in [0.1, 0.15) is 21.1 Å². The van der Waals surface area contributed by atoms with Gasteiger partial charge in [0.1, 0.15) is 5.82 Å². The molecule has 0 fully saturated rings. The average molecular weight is 332 g/mol. The molecular weight excluding hydrogens is 316 g/mol. The van der Waals surface area contributed by atoms with Crippen molar-refractivity contribution in [1.82, 2.24) is 4.98 Å². The smallest absolute Gasteiger partial charge is 0.123 e. The van der Waals surface area contributed by atoms with Crippen molar-refractivity contribution in [2.24, 2.45) is 0 Å². The first-order valence-corrected chi connectivity index (χ1v) is 8.20. The molecule has 0 saturated heterocycles. The fourth-order valence-electron chi connectivity index (χ4n) is 2.09. The van der Waals surface area contributed by atoms with Gasteiger partial charge < -0.3 is 0 Å². The maximum atomic E-state index is 13.1. The standard InChI is InChI=1S/C15H16Cl2FNS/c1-10-11(2)20-14(19-10)7-15(8-16,9-17)12-3-5-13(18)6-4-12/h3-6H,7-9H2,1-2H3. The van der Waals surface area contributed by atoms with Crippen LogP contribution in [0.5, 0.6) is 0 Å². The second kappa shape index (κ2) is 6.42. The summed E-state index contributed by atoms with van der Waals surface area (Å²) in [6.07, 6.45) is 0.672. The van der Waals surface area contributed by atoms with E-state index in [1.165, 1.54) is 17.0 Å². The van der Waals surface area contributed by atoms with Gasteiger partial charge in [0.05, 0.1) is 10.7 Å². The van der Waals surface area contributed by atoms with Gasteiger partial charge in [0.15, 0.2) is 0 Å². The van der Waals surface area contributed by atoms with Crippen molar-refractivity contribution in [2.45, 2.75) is 25.7 Å². The first-order valence-electron chi connectivity index (χ1n) is 6.31. The van der Waals surface area contributed by atoms with Crippen LogP contribution in [0.25, 0.3) is 0 Å². The molecule has 0 radical (unpaired) electrons. The van der Waals surface area contributed by atoms with Crippen LogP contribution in [-0.4, -0.2) is 16.7 Å². The molecule has 0 N–H and O–H groups in total. The van der Waals surface area contributed by atoms with Crippen LogP contribution >= 0.6 is 34.5 Å². The highest BCUT2D eigenvalue weighted by molar-refractivity contribution is 7.11. The van der Waals surface area contributed by atoms with Crippen LogP contribution in [0.15, 0.2) is 24.3 Å². The van der Waals surface area contributed by atoms with E-state index in [-0.39, 0.29) is 5.82 Å². The maximum absolute atomic E-state index is 13.1. The zero-order valence-corrected chi connectivity index (χ0v) is 13.7. The summed E-state index contributed by atoms with van der Waals surface area (Å²) < 4.78 is 13.1. The van der Waals surface area contributed by atoms with Crippen LogP contribution in [0.3, 0.4) is 0 Å². The molecule has 0 spiro atoms. The Labute approximate surface area is 132 Å². The molecule has 1 aromatic carbocycles. The summed E-state index contributed by atoms with van der Waals surface area (Å²) >= 11 is 14.1.